The SMILES string of the molecule is N[C@@H]1CN(C(=O)CCSCc2ccccc2)C[C@H]1C1CC1. The van der Waals surface area contributed by atoms with Gasteiger partial charge in [0.1, 0.15) is 0 Å². The van der Waals surface area contributed by atoms with Crippen LogP contribution in [0.25, 0.3) is 0 Å². The first-order valence-electron chi connectivity index (χ1n) is 7.89. The average Bonchev–Trinajstić information content (AvgIpc) is 3.27. The van der Waals surface area contributed by atoms with E-state index < -0.39 is 0 Å². The Morgan fingerprint density at radius 3 is 2.71 bits per heavy atom. The van der Waals surface area contributed by atoms with Gasteiger partial charge >= 0.3 is 0 Å². The molecule has 3 rings (SSSR count). The molecule has 2 N–H and O–H groups in total. The smallest absolute Gasteiger partial charge is 0.223 e. The maximum atomic E-state index is 12.2. The number of thioether (sulfide) groups is 1. The summed E-state index contributed by atoms with van der Waals surface area (Å²) in [6.45, 7) is 1.66. The van der Waals surface area contributed by atoms with Crippen LogP contribution in [0, 0.1) is 11.8 Å². The van der Waals surface area contributed by atoms with Crippen molar-refractivity contribution in [1.82, 2.24) is 4.90 Å². The minimum absolute atomic E-state index is 0.207. The summed E-state index contributed by atoms with van der Waals surface area (Å²) in [5.74, 6) is 3.52. The zero-order chi connectivity index (χ0) is 14.7. The molecule has 0 unspecified atom stereocenters. The third-order valence-electron chi connectivity index (χ3n) is 4.56. The van der Waals surface area contributed by atoms with Crippen LogP contribution in [-0.4, -0.2) is 35.7 Å². The number of benzene rings is 1. The summed E-state index contributed by atoms with van der Waals surface area (Å²) in [6.07, 6.45) is 3.27. The molecule has 4 heteroatoms. The number of likely N-dealkylation sites (tertiary alicyclic amines) is 1. The van der Waals surface area contributed by atoms with Gasteiger partial charge < -0.3 is 10.6 Å². The van der Waals surface area contributed by atoms with Crippen molar-refractivity contribution in [3.8, 4) is 0 Å². The maximum Gasteiger partial charge on any atom is 0.223 e. The first-order chi connectivity index (χ1) is 10.2. The van der Waals surface area contributed by atoms with Crippen molar-refractivity contribution < 1.29 is 4.79 Å². The van der Waals surface area contributed by atoms with Crippen LogP contribution in [0.5, 0.6) is 0 Å². The lowest BCUT2D eigenvalue weighted by Crippen LogP contribution is -2.32. The zero-order valence-corrected chi connectivity index (χ0v) is 13.2. The minimum Gasteiger partial charge on any atom is -0.341 e. The molecule has 21 heavy (non-hydrogen) atoms. The van der Waals surface area contributed by atoms with Crippen LogP contribution < -0.4 is 5.73 Å². The standard InChI is InChI=1S/C17H24N2OS/c18-16-11-19(10-15(16)14-6-7-14)17(20)8-9-21-12-13-4-2-1-3-5-13/h1-5,14-16H,6-12,18H2/t15-,16+/m0/s1. The molecule has 1 aromatic rings. The van der Waals surface area contributed by atoms with Crippen molar-refractivity contribution in [3.63, 3.8) is 0 Å². The van der Waals surface area contributed by atoms with E-state index >= 15 is 0 Å². The highest BCUT2D eigenvalue weighted by molar-refractivity contribution is 7.98. The zero-order valence-electron chi connectivity index (χ0n) is 12.4. The third-order valence-corrected chi connectivity index (χ3v) is 5.59. The van der Waals surface area contributed by atoms with Crippen LogP contribution in [0.3, 0.4) is 0 Å². The fourth-order valence-corrected chi connectivity index (χ4v) is 4.05. The molecule has 2 fully saturated rings. The van der Waals surface area contributed by atoms with Gasteiger partial charge in [0.15, 0.2) is 0 Å². The van der Waals surface area contributed by atoms with Crippen molar-refractivity contribution in [2.75, 3.05) is 18.8 Å². The van der Waals surface area contributed by atoms with Crippen LogP contribution in [0.2, 0.25) is 0 Å². The van der Waals surface area contributed by atoms with E-state index in [9.17, 15) is 4.79 Å². The van der Waals surface area contributed by atoms with Crippen LogP contribution in [0.4, 0.5) is 0 Å². The second kappa shape index (κ2) is 6.84. The Labute approximate surface area is 131 Å². The maximum absolute atomic E-state index is 12.2. The second-order valence-corrected chi connectivity index (χ2v) is 7.36. The van der Waals surface area contributed by atoms with Gasteiger partial charge in [0, 0.05) is 37.1 Å². The molecule has 0 bridgehead atoms. The van der Waals surface area contributed by atoms with Crippen molar-refractivity contribution in [2.45, 2.75) is 31.1 Å². The summed E-state index contributed by atoms with van der Waals surface area (Å²) in [7, 11) is 0. The van der Waals surface area contributed by atoms with E-state index in [0.717, 1.165) is 30.5 Å². The molecule has 0 spiro atoms. The largest absolute Gasteiger partial charge is 0.341 e. The van der Waals surface area contributed by atoms with Crippen molar-refractivity contribution in [1.29, 1.82) is 0 Å². The Morgan fingerprint density at radius 1 is 1.24 bits per heavy atom. The van der Waals surface area contributed by atoms with Gasteiger partial charge in [0.05, 0.1) is 0 Å². The third kappa shape index (κ3) is 4.01. The van der Waals surface area contributed by atoms with E-state index in [2.05, 4.69) is 24.3 Å². The molecule has 114 valence electrons. The number of hydrogen-bond donors (Lipinski definition) is 1. The lowest BCUT2D eigenvalue weighted by molar-refractivity contribution is -0.129. The molecule has 1 heterocycles. The van der Waals surface area contributed by atoms with Gasteiger partial charge in [-0.3, -0.25) is 4.79 Å². The molecule has 2 atom stereocenters. The Balaban J connectivity index is 1.37. The summed E-state index contributed by atoms with van der Waals surface area (Å²) in [5, 5.41) is 0. The molecular formula is C17H24N2OS. The molecule has 1 aromatic carbocycles. The number of hydrogen-bond acceptors (Lipinski definition) is 3. The molecule has 1 saturated heterocycles. The number of amides is 1. The second-order valence-electron chi connectivity index (χ2n) is 6.25. The summed E-state index contributed by atoms with van der Waals surface area (Å²) in [4.78, 5) is 14.2. The van der Waals surface area contributed by atoms with Gasteiger partial charge in [0.2, 0.25) is 5.91 Å². The number of rotatable bonds is 6. The molecule has 1 aliphatic carbocycles. The number of carbonyl (C=O) groups is 1. The van der Waals surface area contributed by atoms with Crippen LogP contribution in [-0.2, 0) is 10.5 Å². The van der Waals surface area contributed by atoms with Crippen LogP contribution in [0.15, 0.2) is 30.3 Å². The van der Waals surface area contributed by atoms with Gasteiger partial charge in [-0.05, 0) is 30.2 Å². The van der Waals surface area contributed by atoms with E-state index in [0.29, 0.717) is 12.3 Å². The Hall–Kier alpha value is -1.00. The molecule has 3 nitrogen and oxygen atoms in total. The summed E-state index contributed by atoms with van der Waals surface area (Å²) in [6, 6.07) is 10.6. The Morgan fingerprint density at radius 2 is 2.00 bits per heavy atom. The summed E-state index contributed by atoms with van der Waals surface area (Å²) < 4.78 is 0. The number of nitrogens with zero attached hydrogens (tertiary/aromatic N) is 1. The van der Waals surface area contributed by atoms with E-state index in [1.807, 2.05) is 22.7 Å². The molecule has 1 saturated carbocycles. The Bertz CT molecular complexity index is 475. The van der Waals surface area contributed by atoms with E-state index in [4.69, 9.17) is 5.73 Å². The highest BCUT2D eigenvalue weighted by Gasteiger charge is 2.41. The highest BCUT2D eigenvalue weighted by Crippen LogP contribution is 2.40. The van der Waals surface area contributed by atoms with Gasteiger partial charge in [0.25, 0.3) is 0 Å². The number of nitrogens with two attached hydrogens (primary N) is 1. The molecule has 1 aliphatic heterocycles. The van der Waals surface area contributed by atoms with Gasteiger partial charge in [-0.25, -0.2) is 0 Å². The number of carbonyl (C=O) groups excluding carboxylic acids is 1. The van der Waals surface area contributed by atoms with Crippen molar-refractivity contribution >= 4 is 17.7 Å². The predicted molar refractivity (Wildman–Crippen MR) is 88.0 cm³/mol. The first-order valence-corrected chi connectivity index (χ1v) is 9.04. The van der Waals surface area contributed by atoms with Gasteiger partial charge in [-0.1, -0.05) is 30.3 Å². The monoisotopic (exact) mass is 304 g/mol. The lowest BCUT2D eigenvalue weighted by atomic mass is 9.99. The molecule has 0 aromatic heterocycles. The molecule has 0 radical (unpaired) electrons. The lowest BCUT2D eigenvalue weighted by Gasteiger charge is -2.16. The fraction of sp³-hybridized carbons (Fsp3) is 0.588. The van der Waals surface area contributed by atoms with E-state index in [1.54, 1.807) is 0 Å². The normalized spacial score (nSPS) is 25.3. The highest BCUT2D eigenvalue weighted by atomic mass is 32.2. The van der Waals surface area contributed by atoms with Crippen molar-refractivity contribution in [3.05, 3.63) is 35.9 Å². The van der Waals surface area contributed by atoms with Gasteiger partial charge in [-0.2, -0.15) is 11.8 Å². The molecule has 1 amide bonds. The van der Waals surface area contributed by atoms with Crippen LogP contribution in [0.1, 0.15) is 24.8 Å². The summed E-state index contributed by atoms with van der Waals surface area (Å²) >= 11 is 1.83. The minimum atomic E-state index is 0.207. The quantitative estimate of drug-likeness (QED) is 0.821. The fourth-order valence-electron chi connectivity index (χ4n) is 3.16. The molecule has 2 aliphatic rings. The Kier molecular flexibility index (Phi) is 4.86. The van der Waals surface area contributed by atoms with Crippen LogP contribution >= 0.6 is 11.8 Å². The molecular weight excluding hydrogens is 280 g/mol. The summed E-state index contributed by atoms with van der Waals surface area (Å²) in [5.41, 5.74) is 7.51. The van der Waals surface area contributed by atoms with Crippen molar-refractivity contribution in [2.24, 2.45) is 17.6 Å². The van der Waals surface area contributed by atoms with E-state index in [-0.39, 0.29) is 11.9 Å². The topological polar surface area (TPSA) is 46.3 Å². The predicted octanol–water partition coefficient (Wildman–Crippen LogP) is 2.51. The average molecular weight is 304 g/mol. The first kappa shape index (κ1) is 14.9. The van der Waals surface area contributed by atoms with Gasteiger partial charge in [-0.15, -0.1) is 0 Å². The van der Waals surface area contributed by atoms with E-state index in [1.165, 1.54) is 18.4 Å².